The van der Waals surface area contributed by atoms with Gasteiger partial charge in [0.25, 0.3) is 0 Å². The second-order valence-corrected chi connectivity index (χ2v) is 7.75. The number of hydrogen-bond donors (Lipinski definition) is 0. The van der Waals surface area contributed by atoms with Crippen molar-refractivity contribution in [3.8, 4) is 0 Å². The minimum absolute atomic E-state index is 0.0266. The van der Waals surface area contributed by atoms with Crippen molar-refractivity contribution in [2.45, 2.75) is 44.8 Å². The first-order chi connectivity index (χ1) is 11.8. The Hall–Kier alpha value is -1.98. The molecule has 0 aliphatic heterocycles. The lowest BCUT2D eigenvalue weighted by molar-refractivity contribution is -0.145. The molecule has 1 aliphatic rings. The second kappa shape index (κ2) is 7.10. The molecule has 1 aromatic heterocycles. The average molecular weight is 357 g/mol. The van der Waals surface area contributed by atoms with Gasteiger partial charge in [-0.3, -0.25) is 0 Å². The van der Waals surface area contributed by atoms with Gasteiger partial charge in [-0.25, -0.2) is 4.79 Å². The largest absolute Gasteiger partial charge is 0.372 e. The van der Waals surface area contributed by atoms with Crippen LogP contribution in [0.4, 0.5) is 0 Å². The van der Waals surface area contributed by atoms with E-state index in [1.54, 1.807) is 18.3 Å². The second-order valence-electron chi connectivity index (χ2n) is 7.33. The maximum atomic E-state index is 12.4. The number of ether oxygens (including phenoxy) is 1. The highest BCUT2D eigenvalue weighted by molar-refractivity contribution is 7.71. The molecule has 4 nitrogen and oxygen atoms in total. The summed E-state index contributed by atoms with van der Waals surface area (Å²) in [6.45, 7) is 6.10. The van der Waals surface area contributed by atoms with Crippen molar-refractivity contribution in [1.82, 2.24) is 4.73 Å². The van der Waals surface area contributed by atoms with Crippen molar-refractivity contribution in [2.75, 3.05) is 0 Å². The summed E-state index contributed by atoms with van der Waals surface area (Å²) >= 11 is 5.16. The zero-order valence-electron chi connectivity index (χ0n) is 14.7. The van der Waals surface area contributed by atoms with E-state index in [0.717, 1.165) is 0 Å². The van der Waals surface area contributed by atoms with Gasteiger partial charge in [0.1, 0.15) is 4.64 Å². The van der Waals surface area contributed by atoms with Crippen molar-refractivity contribution in [3.63, 3.8) is 0 Å². The van der Waals surface area contributed by atoms with E-state index in [2.05, 4.69) is 12.1 Å². The zero-order chi connectivity index (χ0) is 18.0. The first-order valence-corrected chi connectivity index (χ1v) is 8.87. The molecule has 1 saturated carbocycles. The summed E-state index contributed by atoms with van der Waals surface area (Å²) in [5.41, 5.74) is 0.948. The van der Waals surface area contributed by atoms with Crippen LogP contribution in [-0.4, -0.2) is 22.4 Å². The van der Waals surface area contributed by atoms with Crippen LogP contribution in [0, 0.1) is 10.6 Å². The molecule has 132 valence electrons. The lowest BCUT2D eigenvalue weighted by Gasteiger charge is -2.20. The van der Waals surface area contributed by atoms with Crippen LogP contribution < -0.4 is 4.84 Å². The third-order valence-corrected chi connectivity index (χ3v) is 4.48. The van der Waals surface area contributed by atoms with E-state index in [4.69, 9.17) is 21.8 Å². The van der Waals surface area contributed by atoms with E-state index in [1.807, 2.05) is 45.0 Å². The van der Waals surface area contributed by atoms with Crippen LogP contribution in [0.1, 0.15) is 38.7 Å². The van der Waals surface area contributed by atoms with Gasteiger partial charge in [0.05, 0.1) is 18.1 Å². The van der Waals surface area contributed by atoms with Crippen LogP contribution in [0.2, 0.25) is 0 Å². The molecule has 25 heavy (non-hydrogen) atoms. The molecule has 2 aromatic rings. The maximum absolute atomic E-state index is 12.4. The lowest BCUT2D eigenvalue weighted by Crippen LogP contribution is -2.23. The minimum atomic E-state index is -0.298. The molecule has 0 saturated heterocycles. The summed E-state index contributed by atoms with van der Waals surface area (Å²) in [6.07, 6.45) is 1.97. The van der Waals surface area contributed by atoms with Crippen LogP contribution in [0.25, 0.3) is 0 Å². The highest BCUT2D eigenvalue weighted by Gasteiger charge is 2.54. The van der Waals surface area contributed by atoms with Crippen LogP contribution in [0.15, 0.2) is 54.7 Å². The number of rotatable bonds is 5. The number of pyridine rings is 1. The Morgan fingerprint density at radius 1 is 1.12 bits per heavy atom. The van der Waals surface area contributed by atoms with Gasteiger partial charge in [-0.2, -0.15) is 4.73 Å². The van der Waals surface area contributed by atoms with Crippen LogP contribution in [0.3, 0.4) is 0 Å². The third kappa shape index (κ3) is 4.55. The molecule has 0 spiro atoms. The molecule has 3 rings (SSSR count). The molecule has 0 unspecified atom stereocenters. The Morgan fingerprint density at radius 2 is 1.80 bits per heavy atom. The maximum Gasteiger partial charge on any atom is 0.333 e. The van der Waals surface area contributed by atoms with Crippen molar-refractivity contribution >= 4 is 18.2 Å². The molecular formula is C20H23NO3S. The van der Waals surface area contributed by atoms with Crippen LogP contribution in [0.5, 0.6) is 0 Å². The lowest BCUT2D eigenvalue weighted by atomic mass is 10.1. The van der Waals surface area contributed by atoms with Crippen LogP contribution in [-0.2, 0) is 9.53 Å². The monoisotopic (exact) mass is 357 g/mol. The summed E-state index contributed by atoms with van der Waals surface area (Å²) in [4.78, 5) is 17.7. The van der Waals surface area contributed by atoms with Gasteiger partial charge in [0.2, 0.25) is 0 Å². The molecule has 0 bridgehead atoms. The molecule has 5 heteroatoms. The number of aromatic nitrogens is 1. The van der Waals surface area contributed by atoms with E-state index in [0.29, 0.717) is 11.1 Å². The summed E-state index contributed by atoms with van der Waals surface area (Å²) in [7, 11) is 0. The fourth-order valence-electron chi connectivity index (χ4n) is 3.09. The summed E-state index contributed by atoms with van der Waals surface area (Å²) in [5.74, 6) is 0.0389. The van der Waals surface area contributed by atoms with Gasteiger partial charge in [0.15, 0.2) is 0 Å². The Labute approximate surface area is 153 Å². The predicted molar refractivity (Wildman–Crippen MR) is 98.8 cm³/mol. The van der Waals surface area contributed by atoms with Crippen LogP contribution >= 0.6 is 12.2 Å². The Morgan fingerprint density at radius 3 is 2.44 bits per heavy atom. The normalized spacial score (nSPS) is 22.4. The minimum Gasteiger partial charge on any atom is -0.372 e. The first-order valence-electron chi connectivity index (χ1n) is 8.47. The average Bonchev–Trinajstić information content (AvgIpc) is 3.20. The van der Waals surface area contributed by atoms with E-state index in [1.165, 1.54) is 10.3 Å². The van der Waals surface area contributed by atoms with Crippen molar-refractivity contribution < 1.29 is 14.4 Å². The first kappa shape index (κ1) is 17.8. The highest BCUT2D eigenvalue weighted by Crippen LogP contribution is 2.53. The molecule has 3 atom stereocenters. The molecular weight excluding hydrogens is 334 g/mol. The number of benzene rings is 1. The van der Waals surface area contributed by atoms with Crippen molar-refractivity contribution in [2.24, 2.45) is 5.92 Å². The molecule has 0 amide bonds. The SMILES string of the molecule is CC(C)(C)O[C@H]1[C@H](CC(=O)On2ccccc2=S)[C@H]1c1ccccc1. The van der Waals surface area contributed by atoms with Gasteiger partial charge in [-0.15, -0.1) is 0 Å². The topological polar surface area (TPSA) is 40.5 Å². The Bertz CT molecular complexity index is 794. The van der Waals surface area contributed by atoms with E-state index >= 15 is 0 Å². The van der Waals surface area contributed by atoms with Gasteiger partial charge in [-0.05, 0) is 38.5 Å². The molecule has 0 N–H and O–H groups in total. The number of carbonyl (C=O) groups is 1. The van der Waals surface area contributed by atoms with Gasteiger partial charge >= 0.3 is 5.97 Å². The van der Waals surface area contributed by atoms with Gasteiger partial charge in [-0.1, -0.05) is 48.6 Å². The molecule has 1 fully saturated rings. The third-order valence-electron chi connectivity index (χ3n) is 4.16. The number of carbonyl (C=O) groups excluding carboxylic acids is 1. The smallest absolute Gasteiger partial charge is 0.333 e. The molecule has 1 aromatic carbocycles. The number of nitrogens with zero attached hydrogens (tertiary/aromatic N) is 1. The highest BCUT2D eigenvalue weighted by atomic mass is 32.1. The van der Waals surface area contributed by atoms with E-state index in [-0.39, 0.29) is 29.5 Å². The summed E-state index contributed by atoms with van der Waals surface area (Å²) < 4.78 is 7.96. The predicted octanol–water partition coefficient (Wildman–Crippen LogP) is 4.16. The van der Waals surface area contributed by atoms with Gasteiger partial charge < -0.3 is 9.57 Å². The molecule has 1 aliphatic carbocycles. The Balaban J connectivity index is 1.70. The van der Waals surface area contributed by atoms with E-state index in [9.17, 15) is 4.79 Å². The fourth-order valence-corrected chi connectivity index (χ4v) is 3.27. The zero-order valence-corrected chi connectivity index (χ0v) is 15.5. The van der Waals surface area contributed by atoms with Crippen molar-refractivity contribution in [3.05, 3.63) is 64.9 Å². The quantitative estimate of drug-likeness (QED) is 0.754. The summed E-state index contributed by atoms with van der Waals surface area (Å²) in [5, 5.41) is 0. The summed E-state index contributed by atoms with van der Waals surface area (Å²) in [6, 6.07) is 15.5. The van der Waals surface area contributed by atoms with E-state index < -0.39 is 0 Å². The molecule has 1 heterocycles. The van der Waals surface area contributed by atoms with Crippen molar-refractivity contribution in [1.29, 1.82) is 0 Å². The molecule has 0 radical (unpaired) electrons. The standard InChI is InChI=1S/C20H23NO3S/c1-20(2,3)23-19-15(18(19)14-9-5-4-6-10-14)13-17(22)24-21-12-8-7-11-16(21)25/h4-12,15,18-19H,13H2,1-3H3/t15-,18-,19+/m1/s1. The Kier molecular flexibility index (Phi) is 5.06. The van der Waals surface area contributed by atoms with Gasteiger partial charge in [0, 0.05) is 18.0 Å². The number of hydrogen-bond acceptors (Lipinski definition) is 4. The fraction of sp³-hybridized carbons (Fsp3) is 0.400.